The molecule has 202 valence electrons. The van der Waals surface area contributed by atoms with Crippen LogP contribution in [0, 0.1) is 0 Å². The number of dihydropyridines is 1. The topological polar surface area (TPSA) is 83.1 Å². The molecule has 1 aliphatic carbocycles. The highest BCUT2D eigenvalue weighted by molar-refractivity contribution is 6.04. The summed E-state index contributed by atoms with van der Waals surface area (Å²) in [4.78, 5) is 27.4. The van der Waals surface area contributed by atoms with E-state index < -0.39 is 11.9 Å². The minimum atomic E-state index is -0.626. The summed E-state index contributed by atoms with van der Waals surface area (Å²) < 4.78 is 22.2. The quantitative estimate of drug-likeness (QED) is 0.313. The maximum atomic E-state index is 13.9. The van der Waals surface area contributed by atoms with Crippen molar-refractivity contribution in [1.82, 2.24) is 5.32 Å². The number of allylic oxidation sites excluding steroid dienone is 3. The summed E-state index contributed by atoms with van der Waals surface area (Å²) in [5.74, 6) is 0.948. The Hall–Kier alpha value is -3.74. The molecule has 2 aliphatic rings. The number of ether oxygens (including phenoxy) is 4. The first kappa shape index (κ1) is 27.3. The molecule has 2 aromatic rings. The zero-order valence-electron chi connectivity index (χ0n) is 22.9. The van der Waals surface area contributed by atoms with Crippen molar-refractivity contribution >= 4 is 11.8 Å². The lowest BCUT2D eigenvalue weighted by molar-refractivity contribution is -0.139. The van der Waals surface area contributed by atoms with E-state index in [9.17, 15) is 9.59 Å². The summed E-state index contributed by atoms with van der Waals surface area (Å²) in [5.41, 5.74) is 4.32. The summed E-state index contributed by atoms with van der Waals surface area (Å²) in [5, 5.41) is 3.41. The third-order valence-corrected chi connectivity index (χ3v) is 7.36. The molecular weight excluding hydrogens is 482 g/mol. The number of rotatable bonds is 10. The molecule has 0 radical (unpaired) electrons. The van der Waals surface area contributed by atoms with Crippen molar-refractivity contribution in [3.63, 3.8) is 0 Å². The van der Waals surface area contributed by atoms with Crippen LogP contribution in [0.25, 0.3) is 0 Å². The smallest absolute Gasteiger partial charge is 0.336 e. The number of carbonyl (C=O) groups excluding carboxylic acids is 2. The SMILES string of the molecule is CCCCCOC(=O)C1=C(C)NC2=C(C(=O)C[C@@H](c3ccc(OC)cc3)C2)[C@H]1c1cc(OC)ccc1OC. The first-order valence-corrected chi connectivity index (χ1v) is 13.2. The number of benzene rings is 2. The van der Waals surface area contributed by atoms with Crippen molar-refractivity contribution in [2.45, 2.75) is 57.8 Å². The van der Waals surface area contributed by atoms with Gasteiger partial charge in [0.1, 0.15) is 17.2 Å². The number of methoxy groups -OCH3 is 3. The lowest BCUT2D eigenvalue weighted by Crippen LogP contribution is -2.36. The van der Waals surface area contributed by atoms with E-state index in [1.165, 1.54) is 0 Å². The predicted octanol–water partition coefficient (Wildman–Crippen LogP) is 5.81. The number of nitrogens with one attached hydrogen (secondary N) is 1. The molecule has 7 nitrogen and oxygen atoms in total. The summed E-state index contributed by atoms with van der Waals surface area (Å²) >= 11 is 0. The summed E-state index contributed by atoms with van der Waals surface area (Å²) in [7, 11) is 4.81. The average Bonchev–Trinajstić information content (AvgIpc) is 2.94. The van der Waals surface area contributed by atoms with Crippen molar-refractivity contribution in [3.05, 3.63) is 76.1 Å². The predicted molar refractivity (Wildman–Crippen MR) is 146 cm³/mol. The number of hydrogen-bond donors (Lipinski definition) is 1. The second-order valence-electron chi connectivity index (χ2n) is 9.74. The summed E-state index contributed by atoms with van der Waals surface area (Å²) in [6.07, 6.45) is 3.80. The Bertz CT molecular complexity index is 1240. The molecule has 0 aromatic heterocycles. The van der Waals surface area contributed by atoms with Gasteiger partial charge in [-0.25, -0.2) is 4.79 Å². The van der Waals surface area contributed by atoms with Crippen LogP contribution >= 0.6 is 0 Å². The molecular formula is C31H37NO6. The van der Waals surface area contributed by atoms with E-state index in [2.05, 4.69) is 12.2 Å². The molecule has 1 aliphatic heterocycles. The largest absolute Gasteiger partial charge is 0.497 e. The van der Waals surface area contributed by atoms with E-state index in [0.29, 0.717) is 53.4 Å². The third kappa shape index (κ3) is 5.57. The number of carbonyl (C=O) groups is 2. The molecule has 0 amide bonds. The number of hydrogen-bond acceptors (Lipinski definition) is 7. The van der Waals surface area contributed by atoms with Crippen LogP contribution < -0.4 is 19.5 Å². The van der Waals surface area contributed by atoms with Gasteiger partial charge in [0.15, 0.2) is 5.78 Å². The Morgan fingerprint density at radius 1 is 0.947 bits per heavy atom. The molecule has 38 heavy (non-hydrogen) atoms. The maximum absolute atomic E-state index is 13.9. The van der Waals surface area contributed by atoms with Gasteiger partial charge in [0, 0.05) is 29.0 Å². The summed E-state index contributed by atoms with van der Waals surface area (Å²) in [6, 6.07) is 13.3. The molecule has 4 rings (SSSR count). The van der Waals surface area contributed by atoms with Crippen molar-refractivity contribution in [1.29, 1.82) is 0 Å². The van der Waals surface area contributed by atoms with Crippen molar-refractivity contribution in [2.75, 3.05) is 27.9 Å². The Morgan fingerprint density at radius 3 is 2.32 bits per heavy atom. The van der Waals surface area contributed by atoms with Crippen molar-refractivity contribution in [2.24, 2.45) is 0 Å². The Morgan fingerprint density at radius 2 is 1.66 bits per heavy atom. The maximum Gasteiger partial charge on any atom is 0.336 e. The van der Waals surface area contributed by atoms with Crippen molar-refractivity contribution in [3.8, 4) is 17.2 Å². The molecule has 2 aromatic carbocycles. The average molecular weight is 520 g/mol. The van der Waals surface area contributed by atoms with Crippen LogP contribution in [-0.2, 0) is 14.3 Å². The first-order chi connectivity index (χ1) is 18.4. The van der Waals surface area contributed by atoms with Gasteiger partial charge in [-0.1, -0.05) is 31.9 Å². The van der Waals surface area contributed by atoms with Crippen molar-refractivity contribution < 1.29 is 28.5 Å². The van der Waals surface area contributed by atoms with Crippen LogP contribution in [0.4, 0.5) is 0 Å². The Labute approximate surface area is 224 Å². The number of Topliss-reactive ketones (excluding diaryl/α,β-unsaturated/α-hetero) is 1. The van der Waals surface area contributed by atoms with Gasteiger partial charge in [-0.2, -0.15) is 0 Å². The summed E-state index contributed by atoms with van der Waals surface area (Å²) in [6.45, 7) is 4.31. The van der Waals surface area contributed by atoms with Gasteiger partial charge in [-0.05, 0) is 61.6 Å². The molecule has 0 spiro atoms. The molecule has 0 bridgehead atoms. The molecule has 0 saturated carbocycles. The van der Waals surface area contributed by atoms with E-state index >= 15 is 0 Å². The van der Waals surface area contributed by atoms with Crippen LogP contribution in [0.3, 0.4) is 0 Å². The molecule has 1 heterocycles. The van der Waals surface area contributed by atoms with Gasteiger partial charge in [0.25, 0.3) is 0 Å². The van der Waals surface area contributed by atoms with E-state index in [-0.39, 0.29) is 11.7 Å². The zero-order chi connectivity index (χ0) is 27.2. The van der Waals surface area contributed by atoms with Gasteiger partial charge < -0.3 is 24.3 Å². The fourth-order valence-electron chi connectivity index (χ4n) is 5.39. The minimum absolute atomic E-state index is 0.00164. The van der Waals surface area contributed by atoms with Crippen LogP contribution in [-0.4, -0.2) is 39.7 Å². The van der Waals surface area contributed by atoms with E-state index in [1.54, 1.807) is 27.4 Å². The zero-order valence-corrected chi connectivity index (χ0v) is 22.9. The number of esters is 1. The van der Waals surface area contributed by atoms with Gasteiger partial charge in [0.05, 0.1) is 39.4 Å². The molecule has 7 heteroatoms. The second-order valence-corrected chi connectivity index (χ2v) is 9.74. The molecule has 0 unspecified atom stereocenters. The normalized spacial score (nSPS) is 19.0. The molecule has 0 fully saturated rings. The fraction of sp³-hybridized carbons (Fsp3) is 0.419. The van der Waals surface area contributed by atoms with Crippen LogP contribution in [0.5, 0.6) is 17.2 Å². The highest BCUT2D eigenvalue weighted by atomic mass is 16.5. The first-order valence-electron chi connectivity index (χ1n) is 13.2. The molecule has 1 N–H and O–H groups in total. The second kappa shape index (κ2) is 12.2. The lowest BCUT2D eigenvalue weighted by atomic mass is 9.71. The van der Waals surface area contributed by atoms with Gasteiger partial charge in [0.2, 0.25) is 0 Å². The van der Waals surface area contributed by atoms with Gasteiger partial charge >= 0.3 is 5.97 Å². The Kier molecular flexibility index (Phi) is 8.77. The minimum Gasteiger partial charge on any atom is -0.497 e. The van der Waals surface area contributed by atoms with Gasteiger partial charge in [-0.3, -0.25) is 4.79 Å². The standard InChI is InChI=1S/C31H37NO6/c1-6-7-8-15-38-31(34)28-19(2)32-25-16-21(20-9-11-22(35-3)12-10-20)17-26(33)30(25)29(28)24-18-23(36-4)13-14-27(24)37-5/h9-14,18,21,29,32H,6-8,15-17H2,1-5H3/t21-,29-/m0/s1. The van der Waals surface area contributed by atoms with Crippen LogP contribution in [0.15, 0.2) is 65.0 Å². The molecule has 2 atom stereocenters. The lowest BCUT2D eigenvalue weighted by Gasteiger charge is -2.37. The van der Waals surface area contributed by atoms with E-state index in [1.807, 2.05) is 43.3 Å². The monoisotopic (exact) mass is 519 g/mol. The van der Waals surface area contributed by atoms with E-state index in [4.69, 9.17) is 18.9 Å². The van der Waals surface area contributed by atoms with Gasteiger partial charge in [-0.15, -0.1) is 0 Å². The highest BCUT2D eigenvalue weighted by Gasteiger charge is 2.42. The third-order valence-electron chi connectivity index (χ3n) is 7.36. The van der Waals surface area contributed by atoms with Crippen LogP contribution in [0.2, 0.25) is 0 Å². The van der Waals surface area contributed by atoms with Crippen LogP contribution in [0.1, 0.15) is 68.9 Å². The fourth-order valence-corrected chi connectivity index (χ4v) is 5.39. The number of unbranched alkanes of at least 4 members (excludes halogenated alkanes) is 2. The van der Waals surface area contributed by atoms with E-state index in [0.717, 1.165) is 36.3 Å². The highest BCUT2D eigenvalue weighted by Crippen LogP contribution is 2.48. The number of ketones is 1. The molecule has 0 saturated heterocycles. The Balaban J connectivity index is 1.77.